The summed E-state index contributed by atoms with van der Waals surface area (Å²) in [6.07, 6.45) is -5.45. The van der Waals surface area contributed by atoms with E-state index >= 15 is 0 Å². The highest BCUT2D eigenvalue weighted by atomic mass is 35.5. The second-order valence-corrected chi connectivity index (χ2v) is 6.01. The number of fused-ring (bicyclic) bond motifs is 1. The summed E-state index contributed by atoms with van der Waals surface area (Å²) >= 11 is 6.18. The van der Waals surface area contributed by atoms with E-state index in [4.69, 9.17) is 21.1 Å². The van der Waals surface area contributed by atoms with Gasteiger partial charge in [-0.1, -0.05) is 18.5 Å². The Morgan fingerprint density at radius 1 is 1.38 bits per heavy atom. The summed E-state index contributed by atoms with van der Waals surface area (Å²) in [5, 5.41) is 0.222. The molecule has 1 aliphatic rings. The van der Waals surface area contributed by atoms with Crippen molar-refractivity contribution in [3.8, 4) is 11.5 Å². The summed E-state index contributed by atoms with van der Waals surface area (Å²) in [6, 6.07) is 1.40. The molecule has 144 valence electrons. The fraction of sp³-hybridized carbons (Fsp3) is 0.471. The first-order chi connectivity index (χ1) is 12.2. The number of hydrogen-bond acceptors (Lipinski definition) is 5. The zero-order valence-electron chi connectivity index (χ0n) is 14.5. The molecule has 1 unspecified atom stereocenters. The number of nitrogens with one attached hydrogen (secondary N) is 1. The lowest BCUT2D eigenvalue weighted by Crippen LogP contribution is -2.41. The molecule has 0 spiro atoms. The molecule has 0 bridgehead atoms. The molecule has 1 aromatic carbocycles. The zero-order valence-corrected chi connectivity index (χ0v) is 15.3. The van der Waals surface area contributed by atoms with Gasteiger partial charge in [-0.05, 0) is 32.4 Å². The first-order valence-electron chi connectivity index (χ1n) is 8.05. The van der Waals surface area contributed by atoms with E-state index in [0.29, 0.717) is 18.6 Å². The molecule has 2 rings (SSSR count). The highest BCUT2D eigenvalue weighted by Gasteiger charge is 2.49. The third-order valence-electron chi connectivity index (χ3n) is 3.56. The number of hydrogen-bond donors (Lipinski definition) is 1. The second-order valence-electron chi connectivity index (χ2n) is 5.61. The minimum atomic E-state index is -4.80. The average molecular weight is 394 g/mol. The topological polar surface area (TPSA) is 56.8 Å². The Hall–Kier alpha value is -1.93. The average Bonchev–Trinajstić information content (AvgIpc) is 2.57. The monoisotopic (exact) mass is 393 g/mol. The first-order valence-corrected chi connectivity index (χ1v) is 8.43. The van der Waals surface area contributed by atoms with Crippen molar-refractivity contribution in [3.63, 3.8) is 0 Å². The zero-order chi connectivity index (χ0) is 19.5. The van der Waals surface area contributed by atoms with Gasteiger partial charge in [0.1, 0.15) is 11.5 Å². The van der Waals surface area contributed by atoms with Crippen molar-refractivity contribution in [1.82, 2.24) is 5.48 Å². The Bertz CT molecular complexity index is 719. The van der Waals surface area contributed by atoms with Gasteiger partial charge in [0.15, 0.2) is 0 Å². The van der Waals surface area contributed by atoms with Crippen molar-refractivity contribution in [3.05, 3.63) is 27.8 Å². The molecule has 0 saturated heterocycles. The predicted molar refractivity (Wildman–Crippen MR) is 90.2 cm³/mol. The Morgan fingerprint density at radius 3 is 2.65 bits per heavy atom. The second kappa shape index (κ2) is 8.18. The molecular weight excluding hydrogens is 375 g/mol. The van der Waals surface area contributed by atoms with E-state index in [9.17, 15) is 18.0 Å². The lowest BCUT2D eigenvalue weighted by atomic mass is 9.98. The number of hydroxylamine groups is 1. The van der Waals surface area contributed by atoms with E-state index in [1.807, 2.05) is 6.92 Å². The molecule has 0 amide bonds. The van der Waals surface area contributed by atoms with Crippen LogP contribution in [-0.4, -0.2) is 31.4 Å². The molecule has 0 radical (unpaired) electrons. The Kier molecular flexibility index (Phi) is 6.41. The molecule has 0 fully saturated rings. The van der Waals surface area contributed by atoms with Crippen LogP contribution in [0.15, 0.2) is 11.6 Å². The van der Waals surface area contributed by atoms with Crippen molar-refractivity contribution in [2.75, 3.05) is 13.2 Å². The number of benzene rings is 1. The number of carbonyl (C=O) groups is 1. The molecule has 1 atom stereocenters. The van der Waals surface area contributed by atoms with Gasteiger partial charge < -0.3 is 14.3 Å². The summed E-state index contributed by atoms with van der Waals surface area (Å²) in [5.74, 6) is -0.928. The SMILES string of the molecule is CCCOc1c(Cl)cc2c(c1C)OC(C(F)(F)F)C(C(=O)ONCC)=C2. The summed E-state index contributed by atoms with van der Waals surface area (Å²) in [5.41, 5.74) is 2.16. The van der Waals surface area contributed by atoms with E-state index in [1.165, 1.54) is 6.07 Å². The van der Waals surface area contributed by atoms with E-state index in [2.05, 4.69) is 10.3 Å². The Balaban J connectivity index is 2.51. The van der Waals surface area contributed by atoms with Crippen molar-refractivity contribution in [2.45, 2.75) is 39.5 Å². The number of carbonyl (C=O) groups excluding carboxylic acids is 1. The molecular formula is C17H19ClF3NO4. The molecule has 0 aliphatic carbocycles. The van der Waals surface area contributed by atoms with Crippen molar-refractivity contribution < 1.29 is 32.3 Å². The lowest BCUT2D eigenvalue weighted by molar-refractivity contribution is -0.189. The van der Waals surface area contributed by atoms with Gasteiger partial charge in [-0.3, -0.25) is 0 Å². The van der Waals surface area contributed by atoms with E-state index in [-0.39, 0.29) is 28.6 Å². The van der Waals surface area contributed by atoms with E-state index in [0.717, 1.165) is 6.08 Å². The van der Waals surface area contributed by atoms with Crippen molar-refractivity contribution in [2.24, 2.45) is 0 Å². The van der Waals surface area contributed by atoms with Crippen LogP contribution < -0.4 is 15.0 Å². The number of ether oxygens (including phenoxy) is 2. The third-order valence-corrected chi connectivity index (χ3v) is 3.85. The third kappa shape index (κ3) is 4.24. The quantitative estimate of drug-likeness (QED) is 0.734. The van der Waals surface area contributed by atoms with Gasteiger partial charge in [-0.15, -0.1) is 0 Å². The molecule has 5 nitrogen and oxygen atoms in total. The van der Waals surface area contributed by atoms with Crippen LogP contribution in [0, 0.1) is 6.92 Å². The number of rotatable bonds is 6. The molecule has 1 aromatic rings. The van der Waals surface area contributed by atoms with Crippen LogP contribution in [0.25, 0.3) is 6.08 Å². The maximum Gasteiger partial charge on any atom is 0.430 e. The highest BCUT2D eigenvalue weighted by molar-refractivity contribution is 6.32. The van der Waals surface area contributed by atoms with E-state index in [1.54, 1.807) is 13.8 Å². The maximum absolute atomic E-state index is 13.4. The maximum atomic E-state index is 13.4. The molecule has 0 aromatic heterocycles. The van der Waals surface area contributed by atoms with Gasteiger partial charge in [-0.2, -0.15) is 18.7 Å². The molecule has 1 N–H and O–H groups in total. The van der Waals surface area contributed by atoms with Crippen LogP contribution in [0.4, 0.5) is 13.2 Å². The molecule has 26 heavy (non-hydrogen) atoms. The Morgan fingerprint density at radius 2 is 2.08 bits per heavy atom. The van der Waals surface area contributed by atoms with Crippen LogP contribution in [0.1, 0.15) is 31.4 Å². The van der Waals surface area contributed by atoms with Gasteiger partial charge in [0, 0.05) is 17.7 Å². The minimum absolute atomic E-state index is 0.0252. The van der Waals surface area contributed by atoms with Crippen molar-refractivity contribution >= 4 is 23.6 Å². The van der Waals surface area contributed by atoms with Crippen LogP contribution in [0.5, 0.6) is 11.5 Å². The smallest absolute Gasteiger partial charge is 0.430 e. The largest absolute Gasteiger partial charge is 0.492 e. The summed E-state index contributed by atoms with van der Waals surface area (Å²) < 4.78 is 51.0. The summed E-state index contributed by atoms with van der Waals surface area (Å²) in [7, 11) is 0. The summed E-state index contributed by atoms with van der Waals surface area (Å²) in [6.45, 7) is 5.69. The van der Waals surface area contributed by atoms with Gasteiger partial charge >= 0.3 is 12.1 Å². The molecule has 1 heterocycles. The first kappa shape index (κ1) is 20.4. The Labute approximate surface area is 154 Å². The van der Waals surface area contributed by atoms with Gasteiger partial charge in [0.2, 0.25) is 6.10 Å². The molecule has 1 aliphatic heterocycles. The standard InChI is InChI=1S/C17H19ClF3NO4/c1-4-6-24-14-9(3)13-10(8-12(14)18)7-11(16(23)26-22-5-2)15(25-13)17(19,20)21/h7-8,15,22H,4-6H2,1-3H3. The highest BCUT2D eigenvalue weighted by Crippen LogP contribution is 2.44. The van der Waals surface area contributed by atoms with Crippen LogP contribution in [0.2, 0.25) is 5.02 Å². The van der Waals surface area contributed by atoms with Gasteiger partial charge in [0.05, 0.1) is 17.2 Å². The normalized spacial score (nSPS) is 16.4. The van der Waals surface area contributed by atoms with E-state index < -0.39 is 23.8 Å². The van der Waals surface area contributed by atoms with Gasteiger partial charge in [-0.25, -0.2) is 4.79 Å². The fourth-order valence-electron chi connectivity index (χ4n) is 2.44. The predicted octanol–water partition coefficient (Wildman–Crippen LogP) is 4.21. The molecule has 0 saturated carbocycles. The summed E-state index contributed by atoms with van der Waals surface area (Å²) in [4.78, 5) is 16.6. The molecule has 9 heteroatoms. The number of halogens is 4. The lowest BCUT2D eigenvalue weighted by Gasteiger charge is -2.29. The van der Waals surface area contributed by atoms with Crippen LogP contribution in [-0.2, 0) is 9.63 Å². The number of alkyl halides is 3. The van der Waals surface area contributed by atoms with Crippen LogP contribution in [0.3, 0.4) is 0 Å². The van der Waals surface area contributed by atoms with Crippen molar-refractivity contribution in [1.29, 1.82) is 0 Å². The van der Waals surface area contributed by atoms with Crippen LogP contribution >= 0.6 is 11.6 Å². The minimum Gasteiger partial charge on any atom is -0.492 e. The van der Waals surface area contributed by atoms with Gasteiger partial charge in [0.25, 0.3) is 0 Å². The fourth-order valence-corrected chi connectivity index (χ4v) is 2.76.